The fourth-order valence-electron chi connectivity index (χ4n) is 3.01. The summed E-state index contributed by atoms with van der Waals surface area (Å²) >= 11 is 0. The zero-order valence-electron chi connectivity index (χ0n) is 18.7. The molecule has 0 bridgehead atoms. The van der Waals surface area contributed by atoms with Crippen LogP contribution < -0.4 is 14.4 Å². The number of carbonyl (C=O) groups excluding carboxylic acids is 3. The van der Waals surface area contributed by atoms with Gasteiger partial charge in [-0.1, -0.05) is 6.07 Å². The molecule has 1 heterocycles. The van der Waals surface area contributed by atoms with Crippen LogP contribution >= 0.6 is 0 Å². The zero-order valence-corrected chi connectivity index (χ0v) is 19.5. The summed E-state index contributed by atoms with van der Waals surface area (Å²) in [6.45, 7) is -0.711. The number of ether oxygens (including phenoxy) is 2. The SMILES string of the molecule is COc1ccc(N(C)S(=O)(=O)c2cccc(C(=O)OCC(=O)NC(=O)c3cccn3C)c2)cc1. The van der Waals surface area contributed by atoms with Gasteiger partial charge < -0.3 is 14.0 Å². The smallest absolute Gasteiger partial charge is 0.338 e. The van der Waals surface area contributed by atoms with Crippen LogP contribution in [0.25, 0.3) is 0 Å². The summed E-state index contributed by atoms with van der Waals surface area (Å²) in [5, 5.41) is 2.12. The number of imide groups is 1. The van der Waals surface area contributed by atoms with Crippen molar-refractivity contribution in [1.82, 2.24) is 9.88 Å². The summed E-state index contributed by atoms with van der Waals surface area (Å²) in [6, 6.07) is 14.9. The summed E-state index contributed by atoms with van der Waals surface area (Å²) in [4.78, 5) is 36.3. The molecule has 0 unspecified atom stereocenters. The standard InChI is InChI=1S/C23H23N3O7S/c1-25-13-5-8-20(25)22(28)24-21(27)15-33-23(29)16-6-4-7-19(14-16)34(30,31)26(2)17-9-11-18(32-3)12-10-17/h4-14H,15H2,1-3H3,(H,24,27,28). The van der Waals surface area contributed by atoms with E-state index < -0.39 is 34.4 Å². The lowest BCUT2D eigenvalue weighted by molar-refractivity contribution is -0.123. The Hall–Kier alpha value is -4.12. The average Bonchev–Trinajstić information content (AvgIpc) is 3.28. The minimum Gasteiger partial charge on any atom is -0.497 e. The lowest BCUT2D eigenvalue weighted by Crippen LogP contribution is -2.35. The van der Waals surface area contributed by atoms with Crippen LogP contribution in [0.15, 0.2) is 71.8 Å². The van der Waals surface area contributed by atoms with E-state index in [1.165, 1.54) is 43.0 Å². The Morgan fingerprint density at radius 1 is 1.03 bits per heavy atom. The van der Waals surface area contributed by atoms with Gasteiger partial charge in [0.15, 0.2) is 6.61 Å². The van der Waals surface area contributed by atoms with Crippen molar-refractivity contribution in [3.05, 3.63) is 78.1 Å². The molecule has 11 heteroatoms. The second-order valence-corrected chi connectivity index (χ2v) is 9.13. The van der Waals surface area contributed by atoms with Gasteiger partial charge in [-0.25, -0.2) is 13.2 Å². The molecule has 2 amide bonds. The van der Waals surface area contributed by atoms with Crippen LogP contribution in [0.5, 0.6) is 5.75 Å². The summed E-state index contributed by atoms with van der Waals surface area (Å²) in [5.74, 6) is -1.79. The second-order valence-electron chi connectivity index (χ2n) is 7.16. The summed E-state index contributed by atoms with van der Waals surface area (Å²) < 4.78 is 38.7. The predicted octanol–water partition coefficient (Wildman–Crippen LogP) is 1.97. The Kier molecular flexibility index (Phi) is 7.37. The molecule has 0 radical (unpaired) electrons. The molecule has 34 heavy (non-hydrogen) atoms. The van der Waals surface area contributed by atoms with Crippen LogP contribution in [0.2, 0.25) is 0 Å². The molecular weight excluding hydrogens is 462 g/mol. The number of nitrogens with one attached hydrogen (secondary N) is 1. The Bertz CT molecular complexity index is 1310. The van der Waals surface area contributed by atoms with E-state index in [0.717, 1.165) is 10.4 Å². The number of aromatic nitrogens is 1. The number of hydrogen-bond donors (Lipinski definition) is 1. The lowest BCUT2D eigenvalue weighted by Gasteiger charge is -2.20. The highest BCUT2D eigenvalue weighted by atomic mass is 32.2. The fourth-order valence-corrected chi connectivity index (χ4v) is 4.25. The number of carbonyl (C=O) groups is 3. The van der Waals surface area contributed by atoms with Crippen molar-refractivity contribution >= 4 is 33.5 Å². The van der Waals surface area contributed by atoms with Crippen LogP contribution in [0, 0.1) is 0 Å². The molecule has 0 fully saturated rings. The van der Waals surface area contributed by atoms with Crippen LogP contribution in [0.3, 0.4) is 0 Å². The van der Waals surface area contributed by atoms with Crippen molar-refractivity contribution in [2.75, 3.05) is 25.1 Å². The van der Waals surface area contributed by atoms with E-state index in [1.807, 2.05) is 0 Å². The molecule has 10 nitrogen and oxygen atoms in total. The topological polar surface area (TPSA) is 124 Å². The molecule has 3 aromatic rings. The Balaban J connectivity index is 1.66. The minimum absolute atomic E-state index is 0.0641. The maximum Gasteiger partial charge on any atom is 0.338 e. The molecule has 0 aliphatic heterocycles. The quantitative estimate of drug-likeness (QED) is 0.484. The van der Waals surface area contributed by atoms with Gasteiger partial charge in [0.25, 0.3) is 21.8 Å². The van der Waals surface area contributed by atoms with Crippen molar-refractivity contribution < 1.29 is 32.3 Å². The van der Waals surface area contributed by atoms with Gasteiger partial charge in [-0.3, -0.25) is 19.2 Å². The maximum atomic E-state index is 13.0. The van der Waals surface area contributed by atoms with Crippen molar-refractivity contribution in [2.24, 2.45) is 7.05 Å². The number of methoxy groups -OCH3 is 1. The van der Waals surface area contributed by atoms with Gasteiger partial charge in [0.2, 0.25) is 0 Å². The first-order chi connectivity index (χ1) is 16.1. The van der Waals surface area contributed by atoms with Gasteiger partial charge in [-0.2, -0.15) is 0 Å². The van der Waals surface area contributed by atoms with Crippen LogP contribution in [0.1, 0.15) is 20.8 Å². The van der Waals surface area contributed by atoms with E-state index in [-0.39, 0.29) is 16.2 Å². The van der Waals surface area contributed by atoms with Gasteiger partial charge in [-0.05, 0) is 54.6 Å². The molecule has 0 saturated carbocycles. The third kappa shape index (κ3) is 5.44. The second kappa shape index (κ2) is 10.2. The number of rotatable bonds is 8. The normalized spacial score (nSPS) is 10.9. The number of hydrogen-bond acceptors (Lipinski definition) is 7. The molecule has 0 aliphatic carbocycles. The summed E-state index contributed by atoms with van der Waals surface area (Å²) in [7, 11) is 0.550. The van der Waals surface area contributed by atoms with E-state index in [0.29, 0.717) is 11.4 Å². The molecule has 1 aromatic heterocycles. The first-order valence-corrected chi connectivity index (χ1v) is 11.4. The van der Waals surface area contributed by atoms with Crippen LogP contribution in [0.4, 0.5) is 5.69 Å². The van der Waals surface area contributed by atoms with Crippen LogP contribution in [-0.2, 0) is 26.6 Å². The van der Waals surface area contributed by atoms with Gasteiger partial charge in [0.05, 0.1) is 23.3 Å². The molecule has 0 atom stereocenters. The number of sulfonamides is 1. The first kappa shape index (κ1) is 24.5. The van der Waals surface area contributed by atoms with Gasteiger partial charge >= 0.3 is 5.97 Å². The largest absolute Gasteiger partial charge is 0.497 e. The first-order valence-electron chi connectivity index (χ1n) is 9.99. The van der Waals surface area contributed by atoms with Crippen molar-refractivity contribution in [3.8, 4) is 5.75 Å². The van der Waals surface area contributed by atoms with Gasteiger partial charge in [0, 0.05) is 20.3 Å². The molecule has 178 valence electrons. The molecule has 0 saturated heterocycles. The highest BCUT2D eigenvalue weighted by Crippen LogP contribution is 2.24. The van der Waals surface area contributed by atoms with E-state index in [9.17, 15) is 22.8 Å². The highest BCUT2D eigenvalue weighted by molar-refractivity contribution is 7.92. The fraction of sp³-hybridized carbons (Fsp3) is 0.174. The predicted molar refractivity (Wildman–Crippen MR) is 123 cm³/mol. The number of benzene rings is 2. The number of amides is 2. The summed E-state index contributed by atoms with van der Waals surface area (Å²) in [6.07, 6.45) is 1.65. The Morgan fingerprint density at radius 2 is 1.74 bits per heavy atom. The minimum atomic E-state index is -3.99. The van der Waals surface area contributed by atoms with Gasteiger partial charge in [-0.15, -0.1) is 0 Å². The average molecular weight is 486 g/mol. The van der Waals surface area contributed by atoms with E-state index >= 15 is 0 Å². The molecule has 1 N–H and O–H groups in total. The van der Waals surface area contributed by atoms with E-state index in [4.69, 9.17) is 9.47 Å². The monoisotopic (exact) mass is 485 g/mol. The molecule has 0 aliphatic rings. The Morgan fingerprint density at radius 3 is 2.35 bits per heavy atom. The van der Waals surface area contributed by atoms with E-state index in [2.05, 4.69) is 5.32 Å². The third-order valence-electron chi connectivity index (χ3n) is 4.93. The van der Waals surface area contributed by atoms with Gasteiger partial charge in [0.1, 0.15) is 11.4 Å². The van der Waals surface area contributed by atoms with Crippen molar-refractivity contribution in [1.29, 1.82) is 0 Å². The lowest BCUT2D eigenvalue weighted by atomic mass is 10.2. The molecule has 0 spiro atoms. The number of esters is 1. The Labute approximate surface area is 196 Å². The van der Waals surface area contributed by atoms with Crippen molar-refractivity contribution in [2.45, 2.75) is 4.90 Å². The van der Waals surface area contributed by atoms with E-state index in [1.54, 1.807) is 43.6 Å². The van der Waals surface area contributed by atoms with Crippen molar-refractivity contribution in [3.63, 3.8) is 0 Å². The number of aryl methyl sites for hydroxylation is 1. The van der Waals surface area contributed by atoms with Crippen LogP contribution in [-0.4, -0.2) is 51.5 Å². The summed E-state index contributed by atoms with van der Waals surface area (Å²) in [5.41, 5.74) is 0.595. The highest BCUT2D eigenvalue weighted by Gasteiger charge is 2.23. The maximum absolute atomic E-state index is 13.0. The number of anilines is 1. The zero-order chi connectivity index (χ0) is 24.9. The molecular formula is C23H23N3O7S. The third-order valence-corrected chi connectivity index (χ3v) is 6.71. The molecule has 2 aromatic carbocycles. The molecule has 3 rings (SSSR count). The number of nitrogens with zero attached hydrogens (tertiary/aromatic N) is 2.